The molecule has 7 aromatic rings. The van der Waals surface area contributed by atoms with Gasteiger partial charge in [-0.3, -0.25) is 9.59 Å². The Kier molecular flexibility index (Phi) is 6.10. The molecule has 2 heterocycles. The Hall–Kier alpha value is -6.76. The molecule has 0 spiro atoms. The van der Waals surface area contributed by atoms with Crippen LogP contribution in [0.1, 0.15) is 31.8 Å². The minimum absolute atomic E-state index is 0.293. The number of amides is 2. The second-order valence-electron chi connectivity index (χ2n) is 11.1. The Morgan fingerprint density at radius 2 is 1.00 bits per heavy atom. The predicted octanol–water partition coefficient (Wildman–Crippen LogP) is 8.66. The Bertz CT molecular complexity index is 2350. The highest BCUT2D eigenvalue weighted by Crippen LogP contribution is 2.44. The van der Waals surface area contributed by atoms with Crippen molar-refractivity contribution in [2.75, 3.05) is 4.90 Å². The number of aromatic nitrogens is 1. The number of fused-ring (bicyclic) bond motifs is 4. The third kappa shape index (κ3) is 3.95. The first-order valence-electron chi connectivity index (χ1n) is 14.7. The SMILES string of the molecule is N#Cc1ccc2c(c1)c1cc(C#N)ccc1n2-c1cccc2c1C(=O)N(c1c(-c3ccccc3)cccc1-c1ccccc1)C2=O. The number of benzene rings is 6. The number of hydrogen-bond donors (Lipinski definition) is 0. The molecular weight excluding hydrogens is 568 g/mol. The quantitative estimate of drug-likeness (QED) is 0.192. The molecule has 1 aliphatic heterocycles. The van der Waals surface area contributed by atoms with Crippen LogP contribution in [0.3, 0.4) is 0 Å². The van der Waals surface area contributed by atoms with Crippen molar-refractivity contribution in [3.05, 3.63) is 156 Å². The van der Waals surface area contributed by atoms with E-state index in [1.165, 1.54) is 4.90 Å². The lowest BCUT2D eigenvalue weighted by Gasteiger charge is -2.23. The van der Waals surface area contributed by atoms with E-state index < -0.39 is 11.8 Å². The number of hydrogen-bond acceptors (Lipinski definition) is 4. The second kappa shape index (κ2) is 10.4. The van der Waals surface area contributed by atoms with Crippen molar-refractivity contribution >= 4 is 39.3 Å². The normalized spacial score (nSPS) is 12.3. The van der Waals surface area contributed by atoms with Crippen LogP contribution in [0.15, 0.2) is 133 Å². The van der Waals surface area contributed by atoms with E-state index in [1.54, 1.807) is 36.4 Å². The fourth-order valence-electron chi connectivity index (χ4n) is 6.56. The van der Waals surface area contributed by atoms with Crippen LogP contribution in [0.5, 0.6) is 0 Å². The highest BCUT2D eigenvalue weighted by Gasteiger charge is 2.41. The van der Waals surface area contributed by atoms with Crippen molar-refractivity contribution in [3.8, 4) is 40.1 Å². The van der Waals surface area contributed by atoms with Crippen LogP contribution in [0.4, 0.5) is 5.69 Å². The van der Waals surface area contributed by atoms with Crippen LogP contribution in [0, 0.1) is 22.7 Å². The van der Waals surface area contributed by atoms with Crippen molar-refractivity contribution in [2.45, 2.75) is 0 Å². The zero-order chi connectivity index (χ0) is 31.4. The molecule has 0 atom stereocenters. The molecule has 6 aromatic carbocycles. The Balaban J connectivity index is 1.39. The molecule has 0 saturated carbocycles. The van der Waals surface area contributed by atoms with Gasteiger partial charge < -0.3 is 4.57 Å². The minimum Gasteiger partial charge on any atom is -0.308 e. The summed E-state index contributed by atoms with van der Waals surface area (Å²) in [6.45, 7) is 0. The lowest BCUT2D eigenvalue weighted by atomic mass is 9.95. The highest BCUT2D eigenvalue weighted by atomic mass is 16.2. The summed E-state index contributed by atoms with van der Waals surface area (Å²) in [6, 6.07) is 45.8. The summed E-state index contributed by atoms with van der Waals surface area (Å²) in [6.07, 6.45) is 0. The summed E-state index contributed by atoms with van der Waals surface area (Å²) in [5, 5.41) is 20.8. The van der Waals surface area contributed by atoms with Gasteiger partial charge in [0.15, 0.2) is 0 Å². The monoisotopic (exact) mass is 590 g/mol. The standard InChI is InChI=1S/C40H22N4O2/c41-23-25-17-19-34-32(21-25)33-22-26(24-42)18-20-35(33)43(34)36-16-8-15-31-37(36)40(46)44(39(31)45)38-29(27-9-3-1-4-10-27)13-7-14-30(38)28-11-5-2-6-12-28/h1-22H. The summed E-state index contributed by atoms with van der Waals surface area (Å²) >= 11 is 0. The van der Waals surface area contributed by atoms with Crippen molar-refractivity contribution < 1.29 is 9.59 Å². The second-order valence-corrected chi connectivity index (χ2v) is 11.1. The van der Waals surface area contributed by atoms with E-state index >= 15 is 0 Å². The lowest BCUT2D eigenvalue weighted by Crippen LogP contribution is -2.30. The average molecular weight is 591 g/mol. The van der Waals surface area contributed by atoms with Crippen molar-refractivity contribution in [3.63, 3.8) is 0 Å². The van der Waals surface area contributed by atoms with E-state index in [-0.39, 0.29) is 0 Å². The average Bonchev–Trinajstić information content (AvgIpc) is 3.57. The van der Waals surface area contributed by atoms with Gasteiger partial charge in [0.05, 0.1) is 56.8 Å². The van der Waals surface area contributed by atoms with E-state index in [0.29, 0.717) is 33.6 Å². The Labute approximate surface area is 264 Å². The van der Waals surface area contributed by atoms with Crippen molar-refractivity contribution in [1.29, 1.82) is 10.5 Å². The molecule has 1 aliphatic rings. The molecule has 0 radical (unpaired) electrons. The third-order valence-corrected chi connectivity index (χ3v) is 8.59. The molecule has 0 aliphatic carbocycles. The summed E-state index contributed by atoms with van der Waals surface area (Å²) in [4.78, 5) is 30.5. The van der Waals surface area contributed by atoms with Gasteiger partial charge in [0.2, 0.25) is 0 Å². The first kappa shape index (κ1) is 26.8. The molecule has 214 valence electrons. The van der Waals surface area contributed by atoms with E-state index in [2.05, 4.69) is 12.1 Å². The fourth-order valence-corrected chi connectivity index (χ4v) is 6.56. The molecule has 0 saturated heterocycles. The van der Waals surface area contributed by atoms with Crippen LogP contribution >= 0.6 is 0 Å². The molecule has 0 unspecified atom stereocenters. The zero-order valence-electron chi connectivity index (χ0n) is 24.3. The molecule has 0 bridgehead atoms. The van der Waals surface area contributed by atoms with Crippen molar-refractivity contribution in [1.82, 2.24) is 4.57 Å². The Morgan fingerprint density at radius 1 is 0.500 bits per heavy atom. The molecule has 6 heteroatoms. The summed E-state index contributed by atoms with van der Waals surface area (Å²) in [7, 11) is 0. The number of rotatable bonds is 4. The maximum Gasteiger partial charge on any atom is 0.268 e. The number of anilines is 1. The van der Waals surface area contributed by atoms with E-state index in [0.717, 1.165) is 44.1 Å². The van der Waals surface area contributed by atoms with Gasteiger partial charge >= 0.3 is 0 Å². The van der Waals surface area contributed by atoms with Gasteiger partial charge in [-0.15, -0.1) is 0 Å². The third-order valence-electron chi connectivity index (χ3n) is 8.59. The van der Waals surface area contributed by atoms with Gasteiger partial charge in [-0.05, 0) is 59.7 Å². The largest absolute Gasteiger partial charge is 0.308 e. The Morgan fingerprint density at radius 3 is 1.52 bits per heavy atom. The molecular formula is C40H22N4O2. The minimum atomic E-state index is -0.423. The van der Waals surface area contributed by atoms with Gasteiger partial charge in [-0.2, -0.15) is 10.5 Å². The van der Waals surface area contributed by atoms with Crippen LogP contribution in [0.25, 0.3) is 49.7 Å². The number of nitrogens with zero attached hydrogens (tertiary/aromatic N) is 4. The van der Waals surface area contributed by atoms with Crippen molar-refractivity contribution in [2.24, 2.45) is 0 Å². The zero-order valence-corrected chi connectivity index (χ0v) is 24.3. The lowest BCUT2D eigenvalue weighted by molar-refractivity contribution is 0.0926. The first-order valence-corrected chi connectivity index (χ1v) is 14.7. The van der Waals surface area contributed by atoms with Gasteiger partial charge in [0.1, 0.15) is 0 Å². The van der Waals surface area contributed by atoms with E-state index in [1.807, 2.05) is 102 Å². The van der Waals surface area contributed by atoms with Gasteiger partial charge in [-0.25, -0.2) is 4.90 Å². The summed E-state index contributed by atoms with van der Waals surface area (Å²) < 4.78 is 1.95. The van der Waals surface area contributed by atoms with Crippen LogP contribution < -0.4 is 4.90 Å². The maximum atomic E-state index is 14.8. The molecule has 2 amide bonds. The number of carbonyl (C=O) groups excluding carboxylic acids is 2. The smallest absolute Gasteiger partial charge is 0.268 e. The van der Waals surface area contributed by atoms with Gasteiger partial charge in [-0.1, -0.05) is 84.9 Å². The molecule has 0 N–H and O–H groups in total. The van der Waals surface area contributed by atoms with Crippen LogP contribution in [0.2, 0.25) is 0 Å². The van der Waals surface area contributed by atoms with Gasteiger partial charge in [0.25, 0.3) is 11.8 Å². The van der Waals surface area contributed by atoms with Crippen LogP contribution in [-0.2, 0) is 0 Å². The number of nitriles is 2. The summed E-state index contributed by atoms with van der Waals surface area (Å²) in [5.41, 5.74) is 7.45. The molecule has 46 heavy (non-hydrogen) atoms. The fraction of sp³-hybridized carbons (Fsp3) is 0. The number of carbonyl (C=O) groups is 2. The highest BCUT2D eigenvalue weighted by molar-refractivity contribution is 6.37. The molecule has 8 rings (SSSR count). The molecule has 1 aromatic heterocycles. The van der Waals surface area contributed by atoms with E-state index in [4.69, 9.17) is 0 Å². The number of para-hydroxylation sites is 1. The number of imide groups is 1. The van der Waals surface area contributed by atoms with Crippen LogP contribution in [-0.4, -0.2) is 16.4 Å². The topological polar surface area (TPSA) is 89.9 Å². The maximum absolute atomic E-state index is 14.8. The summed E-state index contributed by atoms with van der Waals surface area (Å²) in [5.74, 6) is -0.824. The molecule has 6 nitrogen and oxygen atoms in total. The first-order chi connectivity index (χ1) is 22.6. The van der Waals surface area contributed by atoms with E-state index in [9.17, 15) is 20.1 Å². The predicted molar refractivity (Wildman–Crippen MR) is 179 cm³/mol. The molecule has 0 fully saturated rings. The van der Waals surface area contributed by atoms with Gasteiger partial charge in [0, 0.05) is 21.9 Å².